The summed E-state index contributed by atoms with van der Waals surface area (Å²) in [7, 11) is 0. The lowest BCUT2D eigenvalue weighted by atomic mass is 10.1. The number of nitrogens with one attached hydrogen (secondary N) is 3. The molecule has 0 spiro atoms. The molecule has 0 saturated carbocycles. The van der Waals surface area contributed by atoms with E-state index in [1.165, 1.54) is 12.8 Å². The van der Waals surface area contributed by atoms with Gasteiger partial charge in [0.25, 0.3) is 0 Å². The molecule has 1 aromatic rings. The maximum absolute atomic E-state index is 11.7. The van der Waals surface area contributed by atoms with Gasteiger partial charge in [0.1, 0.15) is 0 Å². The molecule has 0 aliphatic carbocycles. The van der Waals surface area contributed by atoms with Crippen LogP contribution in [-0.2, 0) is 0 Å². The lowest BCUT2D eigenvalue weighted by molar-refractivity contribution is 0.252. The molecule has 114 valence electrons. The standard InChI is InChI=1S/C16H24N4O/c1-12(10-13-5-3-7-17-13)19-14-4-2-6-15(11-14)20-9-8-18-16(20)21/h2,4,6,11-13,17,19H,3,5,7-10H2,1H3,(H,18,21). The second-order valence-corrected chi connectivity index (χ2v) is 6.01. The zero-order valence-electron chi connectivity index (χ0n) is 12.6. The van der Waals surface area contributed by atoms with Gasteiger partial charge in [0, 0.05) is 36.5 Å². The van der Waals surface area contributed by atoms with Crippen molar-refractivity contribution in [2.24, 2.45) is 0 Å². The third-order valence-corrected chi connectivity index (χ3v) is 4.23. The number of urea groups is 1. The average Bonchev–Trinajstić information content (AvgIpc) is 3.10. The Labute approximate surface area is 126 Å². The number of rotatable bonds is 5. The van der Waals surface area contributed by atoms with Crippen molar-refractivity contribution in [3.63, 3.8) is 0 Å². The van der Waals surface area contributed by atoms with Gasteiger partial charge in [-0.1, -0.05) is 6.07 Å². The first-order chi connectivity index (χ1) is 10.2. The van der Waals surface area contributed by atoms with Crippen LogP contribution in [0, 0.1) is 0 Å². The highest BCUT2D eigenvalue weighted by Crippen LogP contribution is 2.22. The summed E-state index contributed by atoms with van der Waals surface area (Å²) in [6, 6.07) is 9.17. The molecule has 0 aromatic heterocycles. The molecular formula is C16H24N4O. The zero-order valence-corrected chi connectivity index (χ0v) is 12.6. The van der Waals surface area contributed by atoms with Crippen molar-refractivity contribution in [2.45, 2.75) is 38.3 Å². The molecule has 5 heteroatoms. The number of hydrogen-bond acceptors (Lipinski definition) is 3. The first-order valence-electron chi connectivity index (χ1n) is 7.88. The number of nitrogens with zero attached hydrogens (tertiary/aromatic N) is 1. The minimum Gasteiger partial charge on any atom is -0.382 e. The number of hydrogen-bond donors (Lipinski definition) is 3. The molecule has 2 aliphatic rings. The van der Waals surface area contributed by atoms with Crippen LogP contribution in [0.2, 0.25) is 0 Å². The van der Waals surface area contributed by atoms with Crippen LogP contribution in [0.1, 0.15) is 26.2 Å². The number of benzene rings is 1. The summed E-state index contributed by atoms with van der Waals surface area (Å²) in [6.07, 6.45) is 3.70. The summed E-state index contributed by atoms with van der Waals surface area (Å²) >= 11 is 0. The molecule has 5 nitrogen and oxygen atoms in total. The van der Waals surface area contributed by atoms with E-state index >= 15 is 0 Å². The van der Waals surface area contributed by atoms with Crippen LogP contribution in [0.15, 0.2) is 24.3 Å². The van der Waals surface area contributed by atoms with E-state index in [0.29, 0.717) is 12.1 Å². The predicted octanol–water partition coefficient (Wildman–Crippen LogP) is 2.16. The second-order valence-electron chi connectivity index (χ2n) is 6.01. The van der Waals surface area contributed by atoms with Gasteiger partial charge in [-0.25, -0.2) is 4.79 Å². The minimum absolute atomic E-state index is 0.00430. The number of carbonyl (C=O) groups is 1. The number of anilines is 2. The van der Waals surface area contributed by atoms with Gasteiger partial charge in [-0.15, -0.1) is 0 Å². The first-order valence-corrected chi connectivity index (χ1v) is 7.88. The Kier molecular flexibility index (Phi) is 4.29. The van der Waals surface area contributed by atoms with Crippen LogP contribution < -0.4 is 20.9 Å². The highest BCUT2D eigenvalue weighted by atomic mass is 16.2. The van der Waals surface area contributed by atoms with Gasteiger partial charge in [-0.05, 0) is 50.9 Å². The number of amides is 2. The monoisotopic (exact) mass is 288 g/mol. The highest BCUT2D eigenvalue weighted by Gasteiger charge is 2.21. The quantitative estimate of drug-likeness (QED) is 0.778. The Morgan fingerprint density at radius 3 is 3.05 bits per heavy atom. The van der Waals surface area contributed by atoms with E-state index in [-0.39, 0.29) is 6.03 Å². The van der Waals surface area contributed by atoms with Crippen LogP contribution >= 0.6 is 0 Å². The molecule has 2 fully saturated rings. The van der Waals surface area contributed by atoms with Crippen molar-refractivity contribution < 1.29 is 4.79 Å². The third-order valence-electron chi connectivity index (χ3n) is 4.23. The Hall–Kier alpha value is -1.75. The summed E-state index contributed by atoms with van der Waals surface area (Å²) < 4.78 is 0. The fourth-order valence-corrected chi connectivity index (χ4v) is 3.21. The molecule has 3 N–H and O–H groups in total. The normalized spacial score (nSPS) is 23.2. The van der Waals surface area contributed by atoms with Crippen LogP contribution in [0.5, 0.6) is 0 Å². The molecule has 3 rings (SSSR count). The Morgan fingerprint density at radius 1 is 1.43 bits per heavy atom. The lowest BCUT2D eigenvalue weighted by Crippen LogP contribution is -2.29. The summed E-state index contributed by atoms with van der Waals surface area (Å²) in [5.41, 5.74) is 2.04. The van der Waals surface area contributed by atoms with Crippen molar-refractivity contribution >= 4 is 17.4 Å². The van der Waals surface area contributed by atoms with Crippen molar-refractivity contribution in [3.05, 3.63) is 24.3 Å². The van der Waals surface area contributed by atoms with Gasteiger partial charge in [-0.3, -0.25) is 4.90 Å². The van der Waals surface area contributed by atoms with Crippen molar-refractivity contribution in [1.82, 2.24) is 10.6 Å². The van der Waals surface area contributed by atoms with Gasteiger partial charge in [0.2, 0.25) is 0 Å². The van der Waals surface area contributed by atoms with Crippen molar-refractivity contribution in [3.8, 4) is 0 Å². The van der Waals surface area contributed by atoms with Crippen molar-refractivity contribution in [2.75, 3.05) is 29.9 Å². The van der Waals surface area contributed by atoms with Crippen LogP contribution in [0.4, 0.5) is 16.2 Å². The van der Waals surface area contributed by atoms with Crippen LogP contribution in [0.3, 0.4) is 0 Å². The van der Waals surface area contributed by atoms with Crippen LogP contribution in [-0.4, -0.2) is 37.7 Å². The third kappa shape index (κ3) is 3.47. The highest BCUT2D eigenvalue weighted by molar-refractivity contribution is 5.94. The summed E-state index contributed by atoms with van der Waals surface area (Å²) in [5, 5.41) is 9.92. The van der Waals surface area contributed by atoms with E-state index in [1.807, 2.05) is 12.1 Å². The van der Waals surface area contributed by atoms with E-state index in [4.69, 9.17) is 0 Å². The van der Waals surface area contributed by atoms with E-state index in [1.54, 1.807) is 4.90 Å². The largest absolute Gasteiger partial charge is 0.382 e. The first kappa shape index (κ1) is 14.2. The molecular weight excluding hydrogens is 264 g/mol. The van der Waals surface area contributed by atoms with Gasteiger partial charge in [0.05, 0.1) is 0 Å². The van der Waals surface area contributed by atoms with Crippen LogP contribution in [0.25, 0.3) is 0 Å². The molecule has 2 aliphatic heterocycles. The van der Waals surface area contributed by atoms with Gasteiger partial charge in [-0.2, -0.15) is 0 Å². The molecule has 1 aromatic carbocycles. The second kappa shape index (κ2) is 6.35. The zero-order chi connectivity index (χ0) is 14.7. The van der Waals surface area contributed by atoms with E-state index in [9.17, 15) is 4.79 Å². The molecule has 21 heavy (non-hydrogen) atoms. The summed E-state index contributed by atoms with van der Waals surface area (Å²) in [6.45, 7) is 4.83. The summed E-state index contributed by atoms with van der Waals surface area (Å²) in [5.74, 6) is 0. The Balaban J connectivity index is 1.61. The maximum atomic E-state index is 11.7. The molecule has 0 bridgehead atoms. The molecule has 0 radical (unpaired) electrons. The molecule has 2 amide bonds. The smallest absolute Gasteiger partial charge is 0.321 e. The average molecular weight is 288 g/mol. The summed E-state index contributed by atoms with van der Waals surface area (Å²) in [4.78, 5) is 13.5. The SMILES string of the molecule is CC(CC1CCCN1)Nc1cccc(N2CCNC2=O)c1. The minimum atomic E-state index is -0.00430. The lowest BCUT2D eigenvalue weighted by Gasteiger charge is -2.21. The Bertz CT molecular complexity index is 499. The Morgan fingerprint density at radius 2 is 2.33 bits per heavy atom. The van der Waals surface area contributed by atoms with E-state index < -0.39 is 0 Å². The van der Waals surface area contributed by atoms with E-state index in [0.717, 1.165) is 37.4 Å². The van der Waals surface area contributed by atoms with E-state index in [2.05, 4.69) is 35.0 Å². The molecule has 2 unspecified atom stereocenters. The predicted molar refractivity (Wildman–Crippen MR) is 85.9 cm³/mol. The maximum Gasteiger partial charge on any atom is 0.321 e. The van der Waals surface area contributed by atoms with Gasteiger partial charge < -0.3 is 16.0 Å². The van der Waals surface area contributed by atoms with Gasteiger partial charge in [0.15, 0.2) is 0 Å². The van der Waals surface area contributed by atoms with Gasteiger partial charge >= 0.3 is 6.03 Å². The fourth-order valence-electron chi connectivity index (χ4n) is 3.21. The van der Waals surface area contributed by atoms with Crippen molar-refractivity contribution in [1.29, 1.82) is 0 Å². The fraction of sp³-hybridized carbons (Fsp3) is 0.562. The topological polar surface area (TPSA) is 56.4 Å². The molecule has 2 saturated heterocycles. The molecule has 2 heterocycles. The molecule has 2 atom stereocenters. The number of carbonyl (C=O) groups excluding carboxylic acids is 1.